The second-order valence-electron chi connectivity index (χ2n) is 4.88. The van der Waals surface area contributed by atoms with E-state index < -0.39 is 0 Å². The lowest BCUT2D eigenvalue weighted by Gasteiger charge is -2.10. The van der Waals surface area contributed by atoms with Gasteiger partial charge >= 0.3 is 0 Å². The summed E-state index contributed by atoms with van der Waals surface area (Å²) in [7, 11) is 0. The third kappa shape index (κ3) is 3.75. The normalized spacial score (nSPS) is 16.3. The van der Waals surface area contributed by atoms with Crippen LogP contribution in [0.25, 0.3) is 0 Å². The third-order valence-electron chi connectivity index (χ3n) is 3.44. The first-order valence-electron chi connectivity index (χ1n) is 6.84. The number of hydrogen-bond donors (Lipinski definition) is 2. The molecule has 1 unspecified atom stereocenters. The largest absolute Gasteiger partial charge is 0.384 e. The Balaban J connectivity index is 1.74. The summed E-state index contributed by atoms with van der Waals surface area (Å²) < 4.78 is 0. The molecule has 0 aromatic heterocycles. The summed E-state index contributed by atoms with van der Waals surface area (Å²) in [5.74, 6) is 3.03. The van der Waals surface area contributed by atoms with Crippen molar-refractivity contribution in [3.8, 4) is 12.3 Å². The molecule has 1 aromatic carbocycles. The highest BCUT2D eigenvalue weighted by Crippen LogP contribution is 2.32. The molecule has 19 heavy (non-hydrogen) atoms. The number of rotatable bonds is 6. The van der Waals surface area contributed by atoms with Crippen molar-refractivity contribution in [3.05, 3.63) is 29.8 Å². The highest BCUT2D eigenvalue weighted by Gasteiger charge is 2.23. The molecule has 1 aliphatic rings. The maximum atomic E-state index is 11.9. The Morgan fingerprint density at radius 2 is 2.26 bits per heavy atom. The Morgan fingerprint density at radius 3 is 3.11 bits per heavy atom. The van der Waals surface area contributed by atoms with Gasteiger partial charge in [-0.15, -0.1) is 12.3 Å². The maximum absolute atomic E-state index is 11.9. The maximum Gasteiger partial charge on any atom is 0.220 e. The van der Waals surface area contributed by atoms with Gasteiger partial charge in [-0.1, -0.05) is 18.2 Å². The minimum atomic E-state index is 0.129. The fraction of sp³-hybridized carbons (Fsp3) is 0.438. The fourth-order valence-electron chi connectivity index (χ4n) is 2.42. The number of carbonyl (C=O) groups excluding carboxylic acids is 1. The number of fused-ring (bicyclic) bond motifs is 1. The number of nitrogens with one attached hydrogen (secondary N) is 2. The van der Waals surface area contributed by atoms with E-state index in [2.05, 4.69) is 28.7 Å². The van der Waals surface area contributed by atoms with E-state index >= 15 is 0 Å². The summed E-state index contributed by atoms with van der Waals surface area (Å²) in [6.07, 6.45) is 8.45. The molecule has 0 radical (unpaired) electrons. The minimum Gasteiger partial charge on any atom is -0.384 e. The molecule has 0 bridgehead atoms. The van der Waals surface area contributed by atoms with Crippen LogP contribution in [-0.4, -0.2) is 19.0 Å². The van der Waals surface area contributed by atoms with Gasteiger partial charge in [0.2, 0.25) is 5.91 Å². The zero-order chi connectivity index (χ0) is 13.5. The molecule has 3 heteroatoms. The number of anilines is 1. The van der Waals surface area contributed by atoms with Gasteiger partial charge in [-0.25, -0.2) is 0 Å². The molecular formula is C16H20N2O. The fourth-order valence-corrected chi connectivity index (χ4v) is 2.42. The van der Waals surface area contributed by atoms with Crippen molar-refractivity contribution in [2.45, 2.75) is 31.6 Å². The predicted molar refractivity (Wildman–Crippen MR) is 78.0 cm³/mol. The van der Waals surface area contributed by atoms with E-state index in [1.807, 2.05) is 12.1 Å². The molecular weight excluding hydrogens is 236 g/mol. The summed E-state index contributed by atoms with van der Waals surface area (Å²) in [5.41, 5.74) is 2.42. The van der Waals surface area contributed by atoms with Crippen LogP contribution >= 0.6 is 0 Å². The average molecular weight is 256 g/mol. The topological polar surface area (TPSA) is 41.1 Å². The molecule has 1 aromatic rings. The second kappa shape index (κ2) is 6.84. The number of hydrogen-bond acceptors (Lipinski definition) is 2. The molecule has 100 valence electrons. The van der Waals surface area contributed by atoms with Gasteiger partial charge in [0.1, 0.15) is 0 Å². The van der Waals surface area contributed by atoms with Crippen molar-refractivity contribution in [2.75, 3.05) is 18.4 Å². The first-order chi connectivity index (χ1) is 9.31. The molecule has 0 aliphatic carbocycles. The average Bonchev–Trinajstić information content (AvgIpc) is 2.82. The molecule has 0 saturated heterocycles. The Hall–Kier alpha value is -1.95. The lowest BCUT2D eigenvalue weighted by atomic mass is 9.97. The summed E-state index contributed by atoms with van der Waals surface area (Å²) in [4.78, 5) is 11.9. The van der Waals surface area contributed by atoms with E-state index in [0.29, 0.717) is 12.3 Å². The zero-order valence-corrected chi connectivity index (χ0v) is 11.1. The molecule has 3 nitrogen and oxygen atoms in total. The molecule has 1 amide bonds. The predicted octanol–water partition coefficient (Wildman–Crippen LogP) is 2.51. The van der Waals surface area contributed by atoms with Crippen molar-refractivity contribution in [1.29, 1.82) is 0 Å². The van der Waals surface area contributed by atoms with Crippen molar-refractivity contribution in [3.63, 3.8) is 0 Å². The Morgan fingerprint density at radius 1 is 1.42 bits per heavy atom. The smallest absolute Gasteiger partial charge is 0.220 e. The van der Waals surface area contributed by atoms with Gasteiger partial charge in [-0.2, -0.15) is 0 Å². The van der Waals surface area contributed by atoms with Gasteiger partial charge in [-0.3, -0.25) is 4.79 Å². The van der Waals surface area contributed by atoms with Crippen LogP contribution in [-0.2, 0) is 4.79 Å². The van der Waals surface area contributed by atoms with Crippen LogP contribution < -0.4 is 10.6 Å². The van der Waals surface area contributed by atoms with E-state index in [0.717, 1.165) is 38.0 Å². The summed E-state index contributed by atoms with van der Waals surface area (Å²) in [5, 5.41) is 6.30. The number of terminal acetylenes is 1. The van der Waals surface area contributed by atoms with Gasteiger partial charge in [0.15, 0.2) is 0 Å². The number of unbranched alkanes of at least 4 members (excludes halogenated alkanes) is 2. The summed E-state index contributed by atoms with van der Waals surface area (Å²) in [6, 6.07) is 8.20. The van der Waals surface area contributed by atoms with Gasteiger partial charge in [0.25, 0.3) is 0 Å². The highest BCUT2D eigenvalue weighted by atomic mass is 16.1. The van der Waals surface area contributed by atoms with Crippen molar-refractivity contribution >= 4 is 11.6 Å². The number of carbonyl (C=O) groups is 1. The van der Waals surface area contributed by atoms with E-state index in [4.69, 9.17) is 6.42 Å². The lowest BCUT2D eigenvalue weighted by Crippen LogP contribution is -2.26. The van der Waals surface area contributed by atoms with Crippen LogP contribution in [0.15, 0.2) is 24.3 Å². The van der Waals surface area contributed by atoms with Crippen molar-refractivity contribution in [1.82, 2.24) is 5.32 Å². The summed E-state index contributed by atoms with van der Waals surface area (Å²) >= 11 is 0. The molecule has 1 heterocycles. The van der Waals surface area contributed by atoms with Crippen LogP contribution in [0.5, 0.6) is 0 Å². The van der Waals surface area contributed by atoms with E-state index in [-0.39, 0.29) is 5.91 Å². The Bertz CT molecular complexity index is 476. The van der Waals surface area contributed by atoms with E-state index in [1.165, 1.54) is 5.56 Å². The van der Waals surface area contributed by atoms with Crippen LogP contribution in [0.3, 0.4) is 0 Å². The molecule has 1 aliphatic heterocycles. The van der Waals surface area contributed by atoms with Crippen LogP contribution in [0.2, 0.25) is 0 Å². The summed E-state index contributed by atoms with van der Waals surface area (Å²) in [6.45, 7) is 1.58. The highest BCUT2D eigenvalue weighted by molar-refractivity contribution is 5.78. The molecule has 0 saturated carbocycles. The number of amides is 1. The quantitative estimate of drug-likeness (QED) is 0.606. The number of benzene rings is 1. The van der Waals surface area contributed by atoms with Crippen molar-refractivity contribution in [2.24, 2.45) is 0 Å². The Kier molecular flexibility index (Phi) is 4.85. The molecule has 2 N–H and O–H groups in total. The first kappa shape index (κ1) is 13.5. The van der Waals surface area contributed by atoms with Crippen LogP contribution in [0, 0.1) is 12.3 Å². The second-order valence-corrected chi connectivity index (χ2v) is 4.88. The number of para-hydroxylation sites is 1. The minimum absolute atomic E-state index is 0.129. The van der Waals surface area contributed by atoms with Gasteiger partial charge in [0, 0.05) is 37.5 Å². The van der Waals surface area contributed by atoms with Crippen LogP contribution in [0.1, 0.15) is 37.2 Å². The zero-order valence-electron chi connectivity index (χ0n) is 11.1. The molecule has 2 rings (SSSR count). The third-order valence-corrected chi connectivity index (χ3v) is 3.44. The van der Waals surface area contributed by atoms with Gasteiger partial charge in [-0.05, 0) is 24.5 Å². The standard InChI is InChI=1S/C16H20N2O/c1-2-3-4-7-10-17-16(19)11-13-12-18-15-9-6-5-8-14(13)15/h1,5-6,8-9,13,18H,3-4,7,10-12H2,(H,17,19). The SMILES string of the molecule is C#CCCCCNC(=O)CC1CNc2ccccc21. The van der Waals surface area contributed by atoms with Crippen LogP contribution in [0.4, 0.5) is 5.69 Å². The molecule has 0 spiro atoms. The van der Waals surface area contributed by atoms with E-state index in [1.54, 1.807) is 0 Å². The first-order valence-corrected chi connectivity index (χ1v) is 6.84. The molecule has 1 atom stereocenters. The lowest BCUT2D eigenvalue weighted by molar-refractivity contribution is -0.121. The van der Waals surface area contributed by atoms with Crippen molar-refractivity contribution < 1.29 is 4.79 Å². The monoisotopic (exact) mass is 256 g/mol. The van der Waals surface area contributed by atoms with E-state index in [9.17, 15) is 4.79 Å². The van der Waals surface area contributed by atoms with Gasteiger partial charge in [0.05, 0.1) is 0 Å². The Labute approximate surface area is 114 Å². The van der Waals surface area contributed by atoms with Gasteiger partial charge < -0.3 is 10.6 Å². The molecule has 0 fully saturated rings.